The van der Waals surface area contributed by atoms with Crippen molar-refractivity contribution >= 4 is 56.1 Å². The van der Waals surface area contributed by atoms with E-state index in [2.05, 4.69) is 119 Å². The summed E-state index contributed by atoms with van der Waals surface area (Å²) >= 11 is 0. The topological polar surface area (TPSA) is 31.6 Å². The molecule has 5 aromatic carbocycles. The molecule has 0 radical (unpaired) electrons. The van der Waals surface area contributed by atoms with E-state index in [0.717, 1.165) is 49.3 Å². The van der Waals surface area contributed by atoms with Crippen molar-refractivity contribution in [2.45, 2.75) is 38.9 Å². The second-order valence-corrected chi connectivity index (χ2v) is 10.8. The van der Waals surface area contributed by atoms with Crippen LogP contribution >= 0.6 is 0 Å². The van der Waals surface area contributed by atoms with E-state index in [1.165, 1.54) is 10.8 Å². The molecular weight excluding hydrogens is 443 g/mol. The molecule has 3 nitrogen and oxygen atoms in total. The average molecular weight is 470 g/mol. The van der Waals surface area contributed by atoms with E-state index in [1.807, 2.05) is 0 Å². The monoisotopic (exact) mass is 470 g/mol. The van der Waals surface area contributed by atoms with Crippen molar-refractivity contribution in [3.63, 3.8) is 0 Å². The summed E-state index contributed by atoms with van der Waals surface area (Å²) in [7, 11) is -0.400. The van der Waals surface area contributed by atoms with Crippen LogP contribution in [0.4, 0.5) is 0 Å². The van der Waals surface area contributed by atoms with Crippen molar-refractivity contribution in [1.29, 1.82) is 0 Å². The first-order valence-electron chi connectivity index (χ1n) is 12.5. The van der Waals surface area contributed by atoms with Crippen molar-refractivity contribution < 1.29 is 13.7 Å². The first-order chi connectivity index (χ1) is 17.3. The van der Waals surface area contributed by atoms with Crippen LogP contribution in [0, 0.1) is 0 Å². The zero-order valence-electron chi connectivity index (χ0n) is 21.0. The smallest absolute Gasteiger partial charge is 0.455 e. The molecule has 0 bridgehead atoms. The highest BCUT2D eigenvalue weighted by molar-refractivity contribution is 6.65. The molecule has 0 saturated carbocycles. The molecular formula is C32H27BO3. The van der Waals surface area contributed by atoms with E-state index >= 15 is 0 Å². The molecule has 0 unspecified atom stereocenters. The lowest BCUT2D eigenvalue weighted by atomic mass is 9.75. The molecule has 0 N–H and O–H groups in total. The molecule has 1 fully saturated rings. The van der Waals surface area contributed by atoms with Gasteiger partial charge < -0.3 is 13.7 Å². The fraction of sp³-hybridized carbons (Fsp3) is 0.188. The van der Waals surface area contributed by atoms with Crippen molar-refractivity contribution in [2.24, 2.45) is 0 Å². The lowest BCUT2D eigenvalue weighted by Crippen LogP contribution is -2.41. The first kappa shape index (κ1) is 21.7. The van der Waals surface area contributed by atoms with E-state index in [0.29, 0.717) is 0 Å². The molecule has 0 atom stereocenters. The Balaban J connectivity index is 1.37. The summed E-state index contributed by atoms with van der Waals surface area (Å²) in [5.74, 6) is 0. The largest absolute Gasteiger partial charge is 0.495 e. The third kappa shape index (κ3) is 3.15. The van der Waals surface area contributed by atoms with Crippen LogP contribution in [0.2, 0.25) is 0 Å². The van der Waals surface area contributed by atoms with Gasteiger partial charge >= 0.3 is 7.12 Å². The Morgan fingerprint density at radius 3 is 2.00 bits per heavy atom. The number of fused-ring (bicyclic) bond motifs is 6. The van der Waals surface area contributed by atoms with Crippen LogP contribution in [0.1, 0.15) is 27.7 Å². The van der Waals surface area contributed by atoms with Crippen molar-refractivity contribution in [3.8, 4) is 11.1 Å². The number of rotatable bonds is 2. The Labute approximate surface area is 210 Å². The molecule has 1 aliphatic heterocycles. The first-order valence-corrected chi connectivity index (χ1v) is 12.5. The van der Waals surface area contributed by atoms with Gasteiger partial charge in [-0.15, -0.1) is 0 Å². The highest BCUT2D eigenvalue weighted by Gasteiger charge is 2.52. The lowest BCUT2D eigenvalue weighted by molar-refractivity contribution is 0.00578. The summed E-state index contributed by atoms with van der Waals surface area (Å²) < 4.78 is 19.1. The van der Waals surface area contributed by atoms with Gasteiger partial charge in [-0.25, -0.2) is 0 Å². The summed E-state index contributed by atoms with van der Waals surface area (Å²) in [6.07, 6.45) is 0. The fourth-order valence-electron chi connectivity index (χ4n) is 5.34. The maximum atomic E-state index is 6.40. The van der Waals surface area contributed by atoms with Crippen LogP contribution in [0.5, 0.6) is 0 Å². The molecule has 0 amide bonds. The van der Waals surface area contributed by atoms with Gasteiger partial charge in [-0.3, -0.25) is 0 Å². The van der Waals surface area contributed by atoms with Crippen molar-refractivity contribution in [1.82, 2.24) is 0 Å². The molecule has 36 heavy (non-hydrogen) atoms. The van der Waals surface area contributed by atoms with Crippen LogP contribution < -0.4 is 5.46 Å². The van der Waals surface area contributed by atoms with Gasteiger partial charge in [-0.05, 0) is 84.7 Å². The van der Waals surface area contributed by atoms with Gasteiger partial charge in [-0.1, -0.05) is 66.7 Å². The molecule has 1 saturated heterocycles. The van der Waals surface area contributed by atoms with Gasteiger partial charge in [0.05, 0.1) is 11.2 Å². The summed E-state index contributed by atoms with van der Waals surface area (Å²) in [6, 6.07) is 32.2. The predicted molar refractivity (Wildman–Crippen MR) is 150 cm³/mol. The van der Waals surface area contributed by atoms with Gasteiger partial charge in [0.25, 0.3) is 0 Å². The Bertz CT molecular complexity index is 1800. The zero-order valence-corrected chi connectivity index (χ0v) is 21.0. The SMILES string of the molecule is CC1(C)OB(c2cccc3ccc(-c4ccc5oc6c7ccccc7ccc6c5c4)cc23)OC1(C)C. The number of hydrogen-bond acceptors (Lipinski definition) is 3. The number of furan rings is 1. The van der Waals surface area contributed by atoms with Crippen LogP contribution in [0.25, 0.3) is 54.6 Å². The van der Waals surface area contributed by atoms with Crippen LogP contribution in [-0.2, 0) is 9.31 Å². The van der Waals surface area contributed by atoms with Gasteiger partial charge in [0.2, 0.25) is 0 Å². The lowest BCUT2D eigenvalue weighted by Gasteiger charge is -2.32. The normalized spacial score (nSPS) is 17.1. The second kappa shape index (κ2) is 7.46. The van der Waals surface area contributed by atoms with E-state index < -0.39 is 7.12 Å². The van der Waals surface area contributed by atoms with Gasteiger partial charge in [0, 0.05) is 16.2 Å². The third-order valence-corrected chi connectivity index (χ3v) is 8.12. The Morgan fingerprint density at radius 2 is 1.19 bits per heavy atom. The molecule has 1 aliphatic rings. The Morgan fingerprint density at radius 1 is 0.556 bits per heavy atom. The quantitative estimate of drug-likeness (QED) is 0.242. The van der Waals surface area contributed by atoms with E-state index in [1.54, 1.807) is 0 Å². The summed E-state index contributed by atoms with van der Waals surface area (Å²) in [6.45, 7) is 8.38. The summed E-state index contributed by atoms with van der Waals surface area (Å²) in [5.41, 5.74) is 4.47. The maximum Gasteiger partial charge on any atom is 0.495 e. The van der Waals surface area contributed by atoms with Crippen LogP contribution in [-0.4, -0.2) is 18.3 Å². The highest BCUT2D eigenvalue weighted by atomic mass is 16.7. The van der Waals surface area contributed by atoms with E-state index in [9.17, 15) is 0 Å². The van der Waals surface area contributed by atoms with Crippen LogP contribution in [0.3, 0.4) is 0 Å². The minimum Gasteiger partial charge on any atom is -0.455 e. The molecule has 0 spiro atoms. The van der Waals surface area contributed by atoms with Crippen LogP contribution in [0.15, 0.2) is 95.4 Å². The minimum absolute atomic E-state index is 0.380. The average Bonchev–Trinajstić information content (AvgIpc) is 3.35. The molecule has 1 aromatic heterocycles. The van der Waals surface area contributed by atoms with Gasteiger partial charge in [0.1, 0.15) is 11.2 Å². The van der Waals surface area contributed by atoms with Crippen molar-refractivity contribution in [3.05, 3.63) is 91.0 Å². The number of benzene rings is 5. The molecule has 2 heterocycles. The molecule has 176 valence electrons. The second-order valence-electron chi connectivity index (χ2n) is 10.8. The predicted octanol–water partition coefficient (Wildman–Crippen LogP) is 7.86. The van der Waals surface area contributed by atoms with Gasteiger partial charge in [-0.2, -0.15) is 0 Å². The van der Waals surface area contributed by atoms with Gasteiger partial charge in [0.15, 0.2) is 0 Å². The minimum atomic E-state index is -0.400. The van der Waals surface area contributed by atoms with E-state index in [4.69, 9.17) is 13.7 Å². The summed E-state index contributed by atoms with van der Waals surface area (Å²) in [5, 5.41) is 6.93. The molecule has 0 aliphatic carbocycles. The fourth-order valence-corrected chi connectivity index (χ4v) is 5.34. The third-order valence-electron chi connectivity index (χ3n) is 8.12. The Kier molecular flexibility index (Phi) is 4.49. The molecule has 7 rings (SSSR count). The molecule has 4 heteroatoms. The summed E-state index contributed by atoms with van der Waals surface area (Å²) in [4.78, 5) is 0. The zero-order chi connectivity index (χ0) is 24.7. The maximum absolute atomic E-state index is 6.40. The standard InChI is InChI=1S/C32H27BO3/c1-31(2)32(3,4)36-33(35-31)28-11-7-9-21-12-13-22(18-26(21)28)23-15-17-29-27(19-23)25-16-14-20-8-5-6-10-24(20)30(25)34-29/h5-19H,1-4H3. The molecule has 6 aromatic rings. The van der Waals surface area contributed by atoms with Crippen molar-refractivity contribution in [2.75, 3.05) is 0 Å². The highest BCUT2D eigenvalue weighted by Crippen LogP contribution is 2.38. The number of hydrogen-bond donors (Lipinski definition) is 0. The van der Waals surface area contributed by atoms with E-state index in [-0.39, 0.29) is 11.2 Å². The Hall–Kier alpha value is -3.60.